The zero-order valence-electron chi connectivity index (χ0n) is 9.79. The van der Waals surface area contributed by atoms with Crippen molar-refractivity contribution in [3.8, 4) is 0 Å². The highest BCUT2D eigenvalue weighted by Gasteiger charge is 2.49. The minimum absolute atomic E-state index is 0.0671. The van der Waals surface area contributed by atoms with Gasteiger partial charge in [0.15, 0.2) is 0 Å². The normalized spacial score (nSPS) is 35.4. The number of benzene rings is 1. The summed E-state index contributed by atoms with van der Waals surface area (Å²) in [5.74, 6) is 0.403. The lowest BCUT2D eigenvalue weighted by molar-refractivity contribution is -0.0875. The second kappa shape index (κ2) is 4.77. The van der Waals surface area contributed by atoms with E-state index in [2.05, 4.69) is 0 Å². The monoisotopic (exact) mass is 234 g/mol. The van der Waals surface area contributed by atoms with Gasteiger partial charge in [0.25, 0.3) is 0 Å². The van der Waals surface area contributed by atoms with Crippen molar-refractivity contribution in [2.45, 2.75) is 37.8 Å². The molecule has 4 atom stereocenters. The number of hydrogen-bond donors (Lipinski definition) is 1. The highest BCUT2D eigenvalue weighted by atomic mass is 16.5. The summed E-state index contributed by atoms with van der Waals surface area (Å²) in [6.45, 7) is 1.19. The number of aliphatic hydroxyl groups is 1. The predicted octanol–water partition coefficient (Wildman–Crippen LogP) is 1.74. The van der Waals surface area contributed by atoms with Gasteiger partial charge in [-0.2, -0.15) is 0 Å². The third-order valence-electron chi connectivity index (χ3n) is 3.56. The Kier molecular flexibility index (Phi) is 3.14. The summed E-state index contributed by atoms with van der Waals surface area (Å²) in [5.41, 5.74) is 1.17. The lowest BCUT2D eigenvalue weighted by Gasteiger charge is -2.25. The first-order valence-corrected chi connectivity index (χ1v) is 6.28. The fraction of sp³-hybridized carbons (Fsp3) is 0.571. The van der Waals surface area contributed by atoms with Gasteiger partial charge in [-0.25, -0.2) is 0 Å². The van der Waals surface area contributed by atoms with Crippen molar-refractivity contribution in [3.63, 3.8) is 0 Å². The molecule has 1 aromatic carbocycles. The first-order valence-electron chi connectivity index (χ1n) is 6.28. The van der Waals surface area contributed by atoms with Crippen molar-refractivity contribution in [3.05, 3.63) is 35.9 Å². The molecule has 2 fully saturated rings. The molecule has 1 aliphatic carbocycles. The maximum Gasteiger partial charge on any atom is 0.0837 e. The molecule has 1 saturated carbocycles. The summed E-state index contributed by atoms with van der Waals surface area (Å²) in [6, 6.07) is 10.1. The number of hydrogen-bond acceptors (Lipinski definition) is 3. The van der Waals surface area contributed by atoms with Crippen LogP contribution in [0.15, 0.2) is 30.3 Å². The molecule has 0 unspecified atom stereocenters. The third-order valence-corrected chi connectivity index (χ3v) is 3.56. The molecule has 92 valence electrons. The Balaban J connectivity index is 1.42. The van der Waals surface area contributed by atoms with Crippen LogP contribution in [0.4, 0.5) is 0 Å². The molecule has 0 bridgehead atoms. The number of ether oxygens (including phenoxy) is 2. The summed E-state index contributed by atoms with van der Waals surface area (Å²) in [6.07, 6.45) is 1.92. The Morgan fingerprint density at radius 1 is 1.24 bits per heavy atom. The summed E-state index contributed by atoms with van der Waals surface area (Å²) in [7, 11) is 0. The summed E-state index contributed by atoms with van der Waals surface area (Å²) in [5, 5.41) is 9.77. The average molecular weight is 234 g/mol. The van der Waals surface area contributed by atoms with Crippen LogP contribution in [0.2, 0.25) is 0 Å². The maximum atomic E-state index is 9.77. The molecule has 1 aliphatic heterocycles. The van der Waals surface area contributed by atoms with E-state index in [1.54, 1.807) is 0 Å². The molecule has 0 spiro atoms. The molecule has 1 saturated heterocycles. The van der Waals surface area contributed by atoms with Gasteiger partial charge in [-0.1, -0.05) is 30.3 Å². The van der Waals surface area contributed by atoms with Crippen LogP contribution in [-0.4, -0.2) is 30.0 Å². The molecule has 1 N–H and O–H groups in total. The van der Waals surface area contributed by atoms with Gasteiger partial charge in [-0.15, -0.1) is 0 Å². The van der Waals surface area contributed by atoms with E-state index < -0.39 is 0 Å². The Bertz CT molecular complexity index is 365. The van der Waals surface area contributed by atoms with Crippen LogP contribution in [0, 0.1) is 5.92 Å². The molecule has 1 aromatic rings. The van der Waals surface area contributed by atoms with E-state index in [1.165, 1.54) is 5.56 Å². The van der Waals surface area contributed by atoms with Crippen LogP contribution in [0.25, 0.3) is 0 Å². The SMILES string of the molecule is O[C@H]1C[C@@H](COCc2ccccc2)O[C@H]2C[C@H]21. The first-order chi connectivity index (χ1) is 8.33. The Morgan fingerprint density at radius 3 is 2.82 bits per heavy atom. The zero-order valence-corrected chi connectivity index (χ0v) is 9.79. The van der Waals surface area contributed by atoms with E-state index in [0.717, 1.165) is 12.8 Å². The fourth-order valence-electron chi connectivity index (χ4n) is 2.49. The molecular weight excluding hydrogens is 216 g/mol. The fourth-order valence-corrected chi connectivity index (χ4v) is 2.49. The van der Waals surface area contributed by atoms with Crippen molar-refractivity contribution < 1.29 is 14.6 Å². The van der Waals surface area contributed by atoms with E-state index in [-0.39, 0.29) is 12.2 Å². The Morgan fingerprint density at radius 2 is 2.06 bits per heavy atom. The minimum atomic E-state index is -0.181. The van der Waals surface area contributed by atoms with Crippen molar-refractivity contribution in [2.75, 3.05) is 6.61 Å². The average Bonchev–Trinajstić information content (AvgIpc) is 3.10. The number of rotatable bonds is 4. The summed E-state index contributed by atoms with van der Waals surface area (Å²) >= 11 is 0. The standard InChI is InChI=1S/C14H18O3/c15-13-6-11(17-14-7-12(13)14)9-16-8-10-4-2-1-3-5-10/h1-5,11-15H,6-9H2/t11-,12-,13-,14-/m0/s1. The summed E-state index contributed by atoms with van der Waals surface area (Å²) < 4.78 is 11.4. The van der Waals surface area contributed by atoms with Crippen LogP contribution in [-0.2, 0) is 16.1 Å². The van der Waals surface area contributed by atoms with E-state index in [0.29, 0.717) is 25.2 Å². The molecule has 17 heavy (non-hydrogen) atoms. The lowest BCUT2D eigenvalue weighted by Crippen LogP contribution is -2.33. The third kappa shape index (κ3) is 2.68. The number of aliphatic hydroxyl groups excluding tert-OH is 1. The van der Waals surface area contributed by atoms with E-state index in [4.69, 9.17) is 9.47 Å². The molecule has 2 aliphatic rings. The van der Waals surface area contributed by atoms with Crippen molar-refractivity contribution >= 4 is 0 Å². The second-order valence-corrected chi connectivity index (χ2v) is 5.00. The molecule has 1 heterocycles. The molecular formula is C14H18O3. The quantitative estimate of drug-likeness (QED) is 0.862. The predicted molar refractivity (Wildman–Crippen MR) is 63.5 cm³/mol. The highest BCUT2D eigenvalue weighted by molar-refractivity contribution is 5.13. The Hall–Kier alpha value is -0.900. The van der Waals surface area contributed by atoms with Crippen LogP contribution < -0.4 is 0 Å². The largest absolute Gasteiger partial charge is 0.393 e. The van der Waals surface area contributed by atoms with Gasteiger partial charge in [0.1, 0.15) is 0 Å². The van der Waals surface area contributed by atoms with Crippen LogP contribution in [0.5, 0.6) is 0 Å². The smallest absolute Gasteiger partial charge is 0.0837 e. The highest BCUT2D eigenvalue weighted by Crippen LogP contribution is 2.43. The maximum absolute atomic E-state index is 9.77. The lowest BCUT2D eigenvalue weighted by atomic mass is 10.1. The molecule has 0 amide bonds. The van der Waals surface area contributed by atoms with Crippen molar-refractivity contribution in [2.24, 2.45) is 5.92 Å². The molecule has 3 nitrogen and oxygen atoms in total. The second-order valence-electron chi connectivity index (χ2n) is 5.00. The van der Waals surface area contributed by atoms with E-state index >= 15 is 0 Å². The van der Waals surface area contributed by atoms with Gasteiger partial charge in [0.2, 0.25) is 0 Å². The molecule has 0 radical (unpaired) electrons. The molecule has 3 rings (SSSR count). The van der Waals surface area contributed by atoms with Crippen molar-refractivity contribution in [1.29, 1.82) is 0 Å². The van der Waals surface area contributed by atoms with Crippen LogP contribution in [0.1, 0.15) is 18.4 Å². The van der Waals surface area contributed by atoms with Crippen LogP contribution in [0.3, 0.4) is 0 Å². The minimum Gasteiger partial charge on any atom is -0.393 e. The van der Waals surface area contributed by atoms with Gasteiger partial charge in [-0.05, 0) is 12.0 Å². The molecule has 0 aromatic heterocycles. The summed E-state index contributed by atoms with van der Waals surface area (Å²) in [4.78, 5) is 0. The van der Waals surface area contributed by atoms with E-state index in [1.807, 2.05) is 30.3 Å². The van der Waals surface area contributed by atoms with Crippen LogP contribution >= 0.6 is 0 Å². The van der Waals surface area contributed by atoms with Crippen molar-refractivity contribution in [1.82, 2.24) is 0 Å². The van der Waals surface area contributed by atoms with Gasteiger partial charge >= 0.3 is 0 Å². The van der Waals surface area contributed by atoms with E-state index in [9.17, 15) is 5.11 Å². The Labute approximate surface area is 101 Å². The van der Waals surface area contributed by atoms with Gasteiger partial charge in [-0.3, -0.25) is 0 Å². The van der Waals surface area contributed by atoms with Gasteiger partial charge in [0, 0.05) is 12.3 Å². The number of fused-ring (bicyclic) bond motifs is 1. The molecule has 3 heteroatoms. The topological polar surface area (TPSA) is 38.7 Å². The van der Waals surface area contributed by atoms with Gasteiger partial charge in [0.05, 0.1) is 31.5 Å². The zero-order chi connectivity index (χ0) is 11.7. The van der Waals surface area contributed by atoms with Gasteiger partial charge < -0.3 is 14.6 Å². The first kappa shape index (κ1) is 11.2.